The van der Waals surface area contributed by atoms with Crippen LogP contribution in [0, 0.1) is 17.3 Å². The van der Waals surface area contributed by atoms with Gasteiger partial charge in [0.05, 0.1) is 0 Å². The van der Waals surface area contributed by atoms with Crippen molar-refractivity contribution in [1.82, 2.24) is 0 Å². The van der Waals surface area contributed by atoms with Crippen molar-refractivity contribution in [1.29, 1.82) is 0 Å². The van der Waals surface area contributed by atoms with E-state index in [0.29, 0.717) is 12.0 Å². The van der Waals surface area contributed by atoms with Gasteiger partial charge in [0, 0.05) is 6.92 Å². The molecular weight excluding hydrogens is 236 g/mol. The van der Waals surface area contributed by atoms with Gasteiger partial charge < -0.3 is 4.74 Å². The minimum atomic E-state index is -0.203. The number of fused-ring (bicyclic) bond motifs is 1. The topological polar surface area (TPSA) is 26.3 Å². The van der Waals surface area contributed by atoms with Gasteiger partial charge in [-0.05, 0) is 61.9 Å². The van der Waals surface area contributed by atoms with Crippen molar-refractivity contribution in [2.75, 3.05) is 6.61 Å². The minimum absolute atomic E-state index is 0.203. The molecule has 106 valence electrons. The summed E-state index contributed by atoms with van der Waals surface area (Å²) in [6, 6.07) is 0. The number of hydrogen-bond donors (Lipinski definition) is 0. The van der Waals surface area contributed by atoms with Crippen molar-refractivity contribution >= 4 is 5.97 Å². The fourth-order valence-electron chi connectivity index (χ4n) is 3.65. The van der Waals surface area contributed by atoms with Crippen LogP contribution in [0.25, 0.3) is 0 Å². The van der Waals surface area contributed by atoms with Crippen LogP contribution in [0.1, 0.15) is 52.9 Å². The first-order chi connectivity index (χ1) is 8.95. The van der Waals surface area contributed by atoms with E-state index < -0.39 is 0 Å². The molecule has 2 fully saturated rings. The third-order valence-corrected chi connectivity index (χ3v) is 5.10. The van der Waals surface area contributed by atoms with E-state index in [-0.39, 0.29) is 5.97 Å². The molecule has 2 heteroatoms. The number of hydrogen-bond acceptors (Lipinski definition) is 2. The van der Waals surface area contributed by atoms with Gasteiger partial charge in [-0.1, -0.05) is 25.2 Å². The molecule has 0 spiro atoms. The second-order valence-corrected chi connectivity index (χ2v) is 6.46. The van der Waals surface area contributed by atoms with Gasteiger partial charge in [-0.2, -0.15) is 0 Å². The molecule has 2 nitrogen and oxygen atoms in total. The molecule has 0 radical (unpaired) electrons. The third-order valence-electron chi connectivity index (χ3n) is 5.10. The Balaban J connectivity index is 1.73. The Morgan fingerprint density at radius 2 is 2.32 bits per heavy atom. The van der Waals surface area contributed by atoms with Crippen LogP contribution in [0.4, 0.5) is 0 Å². The Bertz CT molecular complexity index is 407. The predicted octanol–water partition coefficient (Wildman–Crippen LogP) is 4.27. The van der Waals surface area contributed by atoms with Crippen LogP contribution in [0.15, 0.2) is 23.8 Å². The zero-order chi connectivity index (χ0) is 14.0. The summed E-state index contributed by atoms with van der Waals surface area (Å²) < 4.78 is 4.98. The highest BCUT2D eigenvalue weighted by atomic mass is 16.5. The molecule has 0 bridgehead atoms. The summed E-state index contributed by atoms with van der Waals surface area (Å²) in [7, 11) is 0. The second kappa shape index (κ2) is 5.52. The Kier molecular flexibility index (Phi) is 4.17. The number of carbonyl (C=O) groups excluding carboxylic acids is 1. The standard InChI is InChI=1S/C17H26O2/c1-12(11-19-15(4)18)6-5-7-14(3)17-9-8-13(2)16(17)10-17/h6,14,16H,2,5,7-11H2,1,3-4H3/b12-6+/t14-,16+,17+/m0/s1. The van der Waals surface area contributed by atoms with Gasteiger partial charge in [0.25, 0.3) is 0 Å². The minimum Gasteiger partial charge on any atom is -0.461 e. The maximum Gasteiger partial charge on any atom is 0.302 e. The number of ether oxygens (including phenoxy) is 1. The van der Waals surface area contributed by atoms with Crippen LogP contribution in [0.2, 0.25) is 0 Å². The lowest BCUT2D eigenvalue weighted by Crippen LogP contribution is -2.12. The molecule has 0 amide bonds. The predicted molar refractivity (Wildman–Crippen MR) is 77.7 cm³/mol. The van der Waals surface area contributed by atoms with Gasteiger partial charge >= 0.3 is 5.97 Å². The number of allylic oxidation sites excluding steroid dienone is 2. The fourth-order valence-corrected chi connectivity index (χ4v) is 3.65. The van der Waals surface area contributed by atoms with E-state index in [1.54, 1.807) is 0 Å². The summed E-state index contributed by atoms with van der Waals surface area (Å²) in [6.07, 6.45) is 8.53. The normalized spacial score (nSPS) is 31.0. The molecule has 0 aromatic carbocycles. The highest BCUT2D eigenvalue weighted by Gasteiger charge is 2.60. The van der Waals surface area contributed by atoms with Crippen molar-refractivity contribution in [2.24, 2.45) is 17.3 Å². The quantitative estimate of drug-likeness (QED) is 0.528. The maximum absolute atomic E-state index is 10.7. The molecule has 2 aliphatic rings. The van der Waals surface area contributed by atoms with E-state index in [1.165, 1.54) is 38.2 Å². The molecule has 2 saturated carbocycles. The zero-order valence-electron chi connectivity index (χ0n) is 12.5. The molecule has 0 saturated heterocycles. The SMILES string of the molecule is C=C1CC[C@]2([C@@H](C)CC/C=C(\C)COC(C)=O)C[C@H]12. The highest BCUT2D eigenvalue weighted by Crippen LogP contribution is 2.69. The average molecular weight is 262 g/mol. The Morgan fingerprint density at radius 3 is 2.84 bits per heavy atom. The number of esters is 1. The van der Waals surface area contributed by atoms with Gasteiger partial charge in [0.15, 0.2) is 0 Å². The van der Waals surface area contributed by atoms with Gasteiger partial charge in [-0.3, -0.25) is 4.79 Å². The zero-order valence-corrected chi connectivity index (χ0v) is 12.5. The van der Waals surface area contributed by atoms with Crippen molar-refractivity contribution in [2.45, 2.75) is 52.9 Å². The lowest BCUT2D eigenvalue weighted by molar-refractivity contribution is -0.139. The molecule has 19 heavy (non-hydrogen) atoms. The number of carbonyl (C=O) groups is 1. The largest absolute Gasteiger partial charge is 0.461 e. The van der Waals surface area contributed by atoms with Gasteiger partial charge in [0.2, 0.25) is 0 Å². The molecule has 0 N–H and O–H groups in total. The monoisotopic (exact) mass is 262 g/mol. The van der Waals surface area contributed by atoms with E-state index in [2.05, 4.69) is 19.6 Å². The van der Waals surface area contributed by atoms with Gasteiger partial charge in [-0.25, -0.2) is 0 Å². The molecule has 2 aliphatic carbocycles. The summed E-state index contributed by atoms with van der Waals surface area (Å²) in [5.74, 6) is 1.41. The summed E-state index contributed by atoms with van der Waals surface area (Å²) in [5, 5.41) is 0. The van der Waals surface area contributed by atoms with Crippen LogP contribution in [0.5, 0.6) is 0 Å². The Morgan fingerprint density at radius 1 is 1.58 bits per heavy atom. The van der Waals surface area contributed by atoms with E-state index in [1.807, 2.05) is 6.92 Å². The number of rotatable bonds is 6. The first-order valence-electron chi connectivity index (χ1n) is 7.42. The second-order valence-electron chi connectivity index (χ2n) is 6.46. The average Bonchev–Trinajstić information content (AvgIpc) is 3.02. The lowest BCUT2D eigenvalue weighted by atomic mass is 9.85. The molecule has 0 unspecified atom stereocenters. The van der Waals surface area contributed by atoms with Crippen LogP contribution >= 0.6 is 0 Å². The Hall–Kier alpha value is -1.05. The highest BCUT2D eigenvalue weighted by molar-refractivity contribution is 5.66. The van der Waals surface area contributed by atoms with Crippen LogP contribution in [0.3, 0.4) is 0 Å². The Labute approximate surface area is 116 Å². The van der Waals surface area contributed by atoms with E-state index in [9.17, 15) is 4.79 Å². The van der Waals surface area contributed by atoms with Crippen LogP contribution < -0.4 is 0 Å². The van der Waals surface area contributed by atoms with Crippen molar-refractivity contribution in [3.8, 4) is 0 Å². The maximum atomic E-state index is 10.7. The van der Waals surface area contributed by atoms with Gasteiger partial charge in [-0.15, -0.1) is 0 Å². The summed E-state index contributed by atoms with van der Waals surface area (Å²) in [6.45, 7) is 10.5. The smallest absolute Gasteiger partial charge is 0.302 e. The molecule has 0 aromatic rings. The van der Waals surface area contributed by atoms with E-state index in [0.717, 1.165) is 23.8 Å². The summed E-state index contributed by atoms with van der Waals surface area (Å²) in [5.41, 5.74) is 3.26. The first kappa shape index (κ1) is 14.4. The van der Waals surface area contributed by atoms with Crippen LogP contribution in [-0.2, 0) is 9.53 Å². The molecule has 2 rings (SSSR count). The third kappa shape index (κ3) is 3.10. The van der Waals surface area contributed by atoms with Crippen LogP contribution in [-0.4, -0.2) is 12.6 Å². The lowest BCUT2D eigenvalue weighted by Gasteiger charge is -2.20. The van der Waals surface area contributed by atoms with Crippen molar-refractivity contribution < 1.29 is 9.53 Å². The van der Waals surface area contributed by atoms with Gasteiger partial charge in [0.1, 0.15) is 6.61 Å². The van der Waals surface area contributed by atoms with E-state index in [4.69, 9.17) is 4.74 Å². The molecule has 0 heterocycles. The van der Waals surface area contributed by atoms with E-state index >= 15 is 0 Å². The molecule has 3 atom stereocenters. The fraction of sp³-hybridized carbons (Fsp3) is 0.706. The summed E-state index contributed by atoms with van der Waals surface area (Å²) in [4.78, 5) is 10.7. The first-order valence-corrected chi connectivity index (χ1v) is 7.42. The summed E-state index contributed by atoms with van der Waals surface area (Å²) >= 11 is 0. The van der Waals surface area contributed by atoms with Crippen molar-refractivity contribution in [3.63, 3.8) is 0 Å². The van der Waals surface area contributed by atoms with Crippen molar-refractivity contribution in [3.05, 3.63) is 23.8 Å². The molecule has 0 aliphatic heterocycles. The molecule has 0 aromatic heterocycles. The molecular formula is C17H26O2.